The molecule has 1 aliphatic carbocycles. The van der Waals surface area contributed by atoms with E-state index in [0.717, 1.165) is 32.2 Å². The van der Waals surface area contributed by atoms with E-state index in [1.165, 1.54) is 84.0 Å². The van der Waals surface area contributed by atoms with E-state index in [0.29, 0.717) is 24.4 Å². The van der Waals surface area contributed by atoms with Crippen LogP contribution < -0.4 is 10.6 Å². The zero-order valence-corrected chi connectivity index (χ0v) is 26.7. The van der Waals surface area contributed by atoms with Gasteiger partial charge in [0.05, 0.1) is 0 Å². The number of unbranched alkanes of at least 4 members (excludes halogenated alkanes) is 1. The largest absolute Gasteiger partial charge is 0.368 e. The summed E-state index contributed by atoms with van der Waals surface area (Å²) in [5.41, 5.74) is 18.9. The Morgan fingerprint density at radius 3 is 2.42 bits per heavy atom. The van der Waals surface area contributed by atoms with Crippen molar-refractivity contribution in [3.05, 3.63) is 88.0 Å². The van der Waals surface area contributed by atoms with Gasteiger partial charge in [0.15, 0.2) is 0 Å². The first-order valence-corrected chi connectivity index (χ1v) is 16.2. The predicted octanol–water partition coefficient (Wildman–Crippen LogP) is 9.82. The topological polar surface area (TPSA) is 29.3 Å². The third kappa shape index (κ3) is 8.35. The number of allylic oxidation sites excluding steroid dienone is 2. The van der Waals surface area contributed by atoms with Crippen LogP contribution in [0.4, 0.5) is 5.69 Å². The van der Waals surface area contributed by atoms with Crippen molar-refractivity contribution in [3.63, 3.8) is 0 Å². The number of aryl methyl sites for hydroxylation is 2. The van der Waals surface area contributed by atoms with Crippen molar-refractivity contribution in [2.24, 2.45) is 17.6 Å². The van der Waals surface area contributed by atoms with E-state index in [1.54, 1.807) is 11.1 Å². The second-order valence-electron chi connectivity index (χ2n) is 12.6. The number of hydrogen-bond donors (Lipinski definition) is 1. The quantitative estimate of drug-likeness (QED) is 0.169. The molecule has 2 aromatic carbocycles. The molecule has 0 aromatic heterocycles. The van der Waals surface area contributed by atoms with Crippen LogP contribution in [-0.4, -0.2) is 12.6 Å². The molecule has 0 fully saturated rings. The average Bonchev–Trinajstić information content (AvgIpc) is 2.95. The predicted molar refractivity (Wildman–Crippen MR) is 177 cm³/mol. The van der Waals surface area contributed by atoms with E-state index < -0.39 is 0 Å². The fourth-order valence-electron chi connectivity index (χ4n) is 7.03. The molecular formula is C38H58N2. The lowest BCUT2D eigenvalue weighted by atomic mass is 9.77. The van der Waals surface area contributed by atoms with Crippen LogP contribution in [0.15, 0.2) is 54.6 Å². The van der Waals surface area contributed by atoms with Gasteiger partial charge in [-0.1, -0.05) is 87.7 Å². The molecule has 0 saturated carbocycles. The highest BCUT2D eigenvalue weighted by atomic mass is 15.2. The van der Waals surface area contributed by atoms with Gasteiger partial charge in [0.2, 0.25) is 0 Å². The standard InChI is InChI=1S/C38H58N2/c1-9-14-33(27(4)5)15-12-13-20-40(36(11-3)24-31-21-28(6)22-32(23-31)26-39)38-19-18-34-16-17-35(29(7)10-2)25-37(34)30(38)8/h18-19,21-23,33,35-36H,4,7,9-17,20,24-26,39H2,1-3,5-6,8H3/t33?,35?,36-/m0/s1. The monoisotopic (exact) mass is 542 g/mol. The van der Waals surface area contributed by atoms with Crippen LogP contribution in [-0.2, 0) is 25.8 Å². The smallest absolute Gasteiger partial charge is 0.0401 e. The molecule has 40 heavy (non-hydrogen) atoms. The third-order valence-electron chi connectivity index (χ3n) is 9.57. The molecule has 220 valence electrons. The Labute approximate surface area is 247 Å². The molecule has 0 spiro atoms. The first-order chi connectivity index (χ1) is 19.2. The summed E-state index contributed by atoms with van der Waals surface area (Å²) in [5.74, 6) is 1.29. The SMILES string of the molecule is C=C(C)C(CCC)CCCCN(c1ccc2c(c1C)CC(C(=C)CC)CC2)[C@@H](CC)Cc1cc(C)cc(CN)c1. The van der Waals surface area contributed by atoms with Gasteiger partial charge in [0, 0.05) is 24.8 Å². The number of anilines is 1. The molecule has 0 aliphatic heterocycles. The molecule has 2 N–H and O–H groups in total. The van der Waals surface area contributed by atoms with E-state index in [2.05, 4.69) is 89.9 Å². The Balaban J connectivity index is 1.91. The molecule has 0 saturated heterocycles. The lowest BCUT2D eigenvalue weighted by molar-refractivity contribution is 0.472. The lowest BCUT2D eigenvalue weighted by Crippen LogP contribution is -2.38. The first-order valence-electron chi connectivity index (χ1n) is 16.2. The summed E-state index contributed by atoms with van der Waals surface area (Å²) in [7, 11) is 0. The Morgan fingerprint density at radius 1 is 1.02 bits per heavy atom. The maximum Gasteiger partial charge on any atom is 0.0401 e. The molecule has 0 bridgehead atoms. The highest BCUT2D eigenvalue weighted by Gasteiger charge is 2.26. The van der Waals surface area contributed by atoms with Crippen LogP contribution in [0.5, 0.6) is 0 Å². The summed E-state index contributed by atoms with van der Waals surface area (Å²) in [5, 5.41) is 0. The van der Waals surface area contributed by atoms with Crippen LogP contribution in [0.25, 0.3) is 0 Å². The Bertz CT molecular complexity index is 1130. The summed E-state index contributed by atoms with van der Waals surface area (Å²) in [6, 6.07) is 12.3. The number of fused-ring (bicyclic) bond motifs is 1. The summed E-state index contributed by atoms with van der Waals surface area (Å²) in [6.45, 7) is 24.2. The second-order valence-corrected chi connectivity index (χ2v) is 12.6. The molecule has 3 atom stereocenters. The van der Waals surface area contributed by atoms with E-state index in [4.69, 9.17) is 5.73 Å². The number of benzene rings is 2. The molecule has 2 aromatic rings. The summed E-state index contributed by atoms with van der Waals surface area (Å²) >= 11 is 0. The first kappa shape index (κ1) is 32.2. The van der Waals surface area contributed by atoms with Gasteiger partial charge in [0.25, 0.3) is 0 Å². The molecule has 0 heterocycles. The third-order valence-corrected chi connectivity index (χ3v) is 9.57. The fourth-order valence-corrected chi connectivity index (χ4v) is 7.03. The highest BCUT2D eigenvalue weighted by Crippen LogP contribution is 2.37. The number of nitrogens with two attached hydrogens (primary N) is 1. The Kier molecular flexibility index (Phi) is 12.6. The molecule has 2 unspecified atom stereocenters. The number of hydrogen-bond acceptors (Lipinski definition) is 2. The summed E-state index contributed by atoms with van der Waals surface area (Å²) in [6.07, 6.45) is 13.1. The van der Waals surface area contributed by atoms with Crippen LogP contribution in [0.1, 0.15) is 112 Å². The van der Waals surface area contributed by atoms with Gasteiger partial charge in [-0.3, -0.25) is 0 Å². The van der Waals surface area contributed by atoms with Crippen molar-refractivity contribution in [2.45, 2.75) is 125 Å². The molecule has 1 aliphatic rings. The van der Waals surface area contributed by atoms with Crippen molar-refractivity contribution in [1.29, 1.82) is 0 Å². The Morgan fingerprint density at radius 2 is 1.77 bits per heavy atom. The van der Waals surface area contributed by atoms with Crippen LogP contribution in [0.3, 0.4) is 0 Å². The second kappa shape index (κ2) is 15.6. The number of nitrogens with zero attached hydrogens (tertiary/aromatic N) is 1. The minimum absolute atomic E-state index is 0.460. The van der Waals surface area contributed by atoms with E-state index >= 15 is 0 Å². The Hall–Kier alpha value is -2.32. The minimum atomic E-state index is 0.460. The van der Waals surface area contributed by atoms with Crippen LogP contribution >= 0.6 is 0 Å². The molecule has 2 heteroatoms. The molecular weight excluding hydrogens is 484 g/mol. The normalized spacial score (nSPS) is 16.3. The van der Waals surface area contributed by atoms with Crippen molar-refractivity contribution in [1.82, 2.24) is 0 Å². The van der Waals surface area contributed by atoms with Gasteiger partial charge in [-0.05, 0) is 124 Å². The van der Waals surface area contributed by atoms with Crippen molar-refractivity contribution in [2.75, 3.05) is 11.4 Å². The lowest BCUT2D eigenvalue weighted by Gasteiger charge is -2.37. The van der Waals surface area contributed by atoms with E-state index in [-0.39, 0.29) is 0 Å². The van der Waals surface area contributed by atoms with Gasteiger partial charge in [0.1, 0.15) is 0 Å². The average molecular weight is 543 g/mol. The van der Waals surface area contributed by atoms with Gasteiger partial charge in [-0.2, -0.15) is 0 Å². The van der Waals surface area contributed by atoms with E-state index in [9.17, 15) is 0 Å². The zero-order chi connectivity index (χ0) is 29.2. The number of rotatable bonds is 16. The fraction of sp³-hybridized carbons (Fsp3) is 0.579. The maximum atomic E-state index is 6.05. The van der Waals surface area contributed by atoms with Crippen molar-refractivity contribution in [3.8, 4) is 0 Å². The summed E-state index contributed by atoms with van der Waals surface area (Å²) in [4.78, 5) is 2.77. The maximum absolute atomic E-state index is 6.05. The zero-order valence-electron chi connectivity index (χ0n) is 26.7. The molecule has 3 rings (SSSR count). The molecule has 0 amide bonds. The highest BCUT2D eigenvalue weighted by molar-refractivity contribution is 5.60. The van der Waals surface area contributed by atoms with Crippen LogP contribution in [0.2, 0.25) is 0 Å². The van der Waals surface area contributed by atoms with Gasteiger partial charge in [-0.25, -0.2) is 0 Å². The van der Waals surface area contributed by atoms with E-state index in [1.807, 2.05) is 0 Å². The minimum Gasteiger partial charge on any atom is -0.368 e. The summed E-state index contributed by atoms with van der Waals surface area (Å²) < 4.78 is 0. The van der Waals surface area contributed by atoms with Crippen molar-refractivity contribution >= 4 is 5.69 Å². The van der Waals surface area contributed by atoms with Gasteiger partial charge in [-0.15, -0.1) is 0 Å². The van der Waals surface area contributed by atoms with Gasteiger partial charge >= 0.3 is 0 Å². The molecule has 2 nitrogen and oxygen atoms in total. The van der Waals surface area contributed by atoms with Crippen LogP contribution in [0, 0.1) is 25.7 Å². The molecule has 0 radical (unpaired) electrons. The van der Waals surface area contributed by atoms with Crippen molar-refractivity contribution < 1.29 is 0 Å². The van der Waals surface area contributed by atoms with Gasteiger partial charge < -0.3 is 10.6 Å².